The van der Waals surface area contributed by atoms with Gasteiger partial charge in [-0.2, -0.15) is 5.26 Å². The summed E-state index contributed by atoms with van der Waals surface area (Å²) in [5.74, 6) is 0. The van der Waals surface area contributed by atoms with Crippen LogP contribution >= 0.6 is 0 Å². The van der Waals surface area contributed by atoms with Gasteiger partial charge in [-0.25, -0.2) is 4.79 Å². The van der Waals surface area contributed by atoms with Crippen LogP contribution in [-0.4, -0.2) is 35.2 Å². The van der Waals surface area contributed by atoms with Crippen molar-refractivity contribution in [3.05, 3.63) is 35.9 Å². The molecule has 1 N–H and O–H groups in total. The van der Waals surface area contributed by atoms with E-state index in [9.17, 15) is 10.1 Å². The highest BCUT2D eigenvalue weighted by atomic mass is 16.6. The first-order chi connectivity index (χ1) is 12.7. The second-order valence-electron chi connectivity index (χ2n) is 9.29. The number of carbonyl (C=O) groups is 1. The Labute approximate surface area is 162 Å². The molecule has 5 heteroatoms. The molecule has 5 nitrogen and oxygen atoms in total. The topological polar surface area (TPSA) is 65.4 Å². The molecular formula is C22H31N3O2. The third kappa shape index (κ3) is 4.44. The monoisotopic (exact) mass is 369 g/mol. The van der Waals surface area contributed by atoms with Crippen LogP contribution in [0, 0.1) is 16.7 Å². The lowest BCUT2D eigenvalue weighted by Gasteiger charge is -2.57. The fourth-order valence-electron chi connectivity index (χ4n) is 4.53. The van der Waals surface area contributed by atoms with Crippen molar-refractivity contribution in [3.8, 4) is 6.07 Å². The Bertz CT molecular complexity index is 701. The van der Waals surface area contributed by atoms with Crippen LogP contribution in [0.15, 0.2) is 30.3 Å². The van der Waals surface area contributed by atoms with Gasteiger partial charge in [0, 0.05) is 19.1 Å². The lowest BCUT2D eigenvalue weighted by molar-refractivity contribution is -0.0359. The van der Waals surface area contributed by atoms with E-state index in [1.54, 1.807) is 0 Å². The summed E-state index contributed by atoms with van der Waals surface area (Å²) in [5, 5.41) is 13.4. The summed E-state index contributed by atoms with van der Waals surface area (Å²) in [7, 11) is 0. The average Bonchev–Trinajstić information content (AvgIpc) is 2.60. The van der Waals surface area contributed by atoms with Crippen molar-refractivity contribution in [2.75, 3.05) is 13.1 Å². The van der Waals surface area contributed by atoms with Crippen LogP contribution in [-0.2, 0) is 4.74 Å². The molecule has 1 aliphatic heterocycles. The molecule has 1 aromatic carbocycles. The van der Waals surface area contributed by atoms with E-state index in [1.165, 1.54) is 5.56 Å². The van der Waals surface area contributed by atoms with Crippen molar-refractivity contribution in [1.82, 2.24) is 10.2 Å². The lowest BCUT2D eigenvalue weighted by Crippen LogP contribution is -2.63. The smallest absolute Gasteiger partial charge is 0.410 e. The van der Waals surface area contributed by atoms with Gasteiger partial charge in [0.05, 0.1) is 6.07 Å². The molecule has 27 heavy (non-hydrogen) atoms. The lowest BCUT2D eigenvalue weighted by atomic mass is 9.54. The van der Waals surface area contributed by atoms with Gasteiger partial charge in [-0.1, -0.05) is 30.3 Å². The second kappa shape index (κ2) is 7.16. The number of rotatable bonds is 3. The molecule has 1 amide bonds. The number of nitriles is 1. The molecule has 0 unspecified atom stereocenters. The summed E-state index contributed by atoms with van der Waals surface area (Å²) in [6.07, 6.45) is 3.37. The fraction of sp³-hybridized carbons (Fsp3) is 0.636. The highest BCUT2D eigenvalue weighted by Crippen LogP contribution is 2.55. The summed E-state index contributed by atoms with van der Waals surface area (Å²) in [6, 6.07) is 12.9. The normalized spacial score (nSPS) is 21.8. The highest BCUT2D eigenvalue weighted by Gasteiger charge is 2.56. The number of carbonyl (C=O) groups excluding carboxylic acids is 1. The Hall–Kier alpha value is -2.06. The summed E-state index contributed by atoms with van der Waals surface area (Å²) in [4.78, 5) is 14.1. The zero-order valence-corrected chi connectivity index (χ0v) is 16.9. The summed E-state index contributed by atoms with van der Waals surface area (Å²) in [6.45, 7) is 9.22. The molecule has 0 aromatic heterocycles. The van der Waals surface area contributed by atoms with E-state index in [1.807, 2.05) is 43.9 Å². The zero-order valence-electron chi connectivity index (χ0n) is 16.9. The van der Waals surface area contributed by atoms with Gasteiger partial charge in [0.25, 0.3) is 0 Å². The van der Waals surface area contributed by atoms with Gasteiger partial charge in [-0.05, 0) is 64.4 Å². The third-order valence-electron chi connectivity index (χ3n) is 5.84. The first-order valence-electron chi connectivity index (χ1n) is 9.88. The molecule has 1 aromatic rings. The highest BCUT2D eigenvalue weighted by molar-refractivity contribution is 5.68. The van der Waals surface area contributed by atoms with Crippen LogP contribution in [0.4, 0.5) is 4.79 Å². The number of amides is 1. The van der Waals surface area contributed by atoms with E-state index in [-0.39, 0.29) is 17.6 Å². The Morgan fingerprint density at radius 3 is 2.33 bits per heavy atom. The standard InChI is InChI=1S/C22H31N3O2/c1-17(18-8-6-5-7-9-18)24-22(16-23)14-21(15-22)10-12-25(13-11-21)19(26)27-20(2,3)4/h5-9,17,24H,10-15H2,1-4H3/t17-/m0/s1. The quantitative estimate of drug-likeness (QED) is 0.857. The molecule has 1 atom stereocenters. The second-order valence-corrected chi connectivity index (χ2v) is 9.29. The van der Waals surface area contributed by atoms with Gasteiger partial charge >= 0.3 is 6.09 Å². The Balaban J connectivity index is 1.55. The van der Waals surface area contributed by atoms with Crippen molar-refractivity contribution in [1.29, 1.82) is 5.26 Å². The average molecular weight is 370 g/mol. The number of nitrogens with one attached hydrogen (secondary N) is 1. The summed E-state index contributed by atoms with van der Waals surface area (Å²) >= 11 is 0. The SMILES string of the molecule is C[C@H](NC1(C#N)CC2(CCN(C(=O)OC(C)(C)C)CC2)C1)c1ccccc1. The molecule has 2 fully saturated rings. The van der Waals surface area contributed by atoms with E-state index in [0.717, 1.165) is 25.7 Å². The number of nitrogens with zero attached hydrogens (tertiary/aromatic N) is 2. The van der Waals surface area contributed by atoms with Crippen molar-refractivity contribution in [2.45, 2.75) is 70.6 Å². The van der Waals surface area contributed by atoms with Crippen molar-refractivity contribution in [3.63, 3.8) is 0 Å². The first kappa shape index (κ1) is 19.7. The Morgan fingerprint density at radius 2 is 1.81 bits per heavy atom. The van der Waals surface area contributed by atoms with Crippen LogP contribution in [0.2, 0.25) is 0 Å². The molecule has 0 radical (unpaired) electrons. The minimum Gasteiger partial charge on any atom is -0.444 e. The fourth-order valence-corrected chi connectivity index (χ4v) is 4.53. The van der Waals surface area contributed by atoms with Gasteiger partial charge in [0.2, 0.25) is 0 Å². The van der Waals surface area contributed by atoms with Crippen LogP contribution in [0.3, 0.4) is 0 Å². The summed E-state index contributed by atoms with van der Waals surface area (Å²) < 4.78 is 5.48. The van der Waals surface area contributed by atoms with Crippen molar-refractivity contribution < 1.29 is 9.53 Å². The van der Waals surface area contributed by atoms with E-state index < -0.39 is 11.1 Å². The van der Waals surface area contributed by atoms with E-state index in [2.05, 4.69) is 30.4 Å². The molecule has 1 heterocycles. The Morgan fingerprint density at radius 1 is 1.22 bits per heavy atom. The number of ether oxygens (including phenoxy) is 1. The van der Waals surface area contributed by atoms with Crippen LogP contribution < -0.4 is 5.32 Å². The Kier molecular flexibility index (Phi) is 5.22. The van der Waals surface area contributed by atoms with Crippen LogP contribution in [0.25, 0.3) is 0 Å². The zero-order chi connectivity index (χ0) is 19.7. The molecule has 0 bridgehead atoms. The van der Waals surface area contributed by atoms with E-state index >= 15 is 0 Å². The largest absolute Gasteiger partial charge is 0.444 e. The van der Waals surface area contributed by atoms with Gasteiger partial charge in [0.15, 0.2) is 0 Å². The van der Waals surface area contributed by atoms with Crippen LogP contribution in [0.5, 0.6) is 0 Å². The molecular weight excluding hydrogens is 338 g/mol. The number of piperidine rings is 1. The minimum atomic E-state index is -0.462. The van der Waals surface area contributed by atoms with E-state index in [4.69, 9.17) is 4.74 Å². The molecule has 3 rings (SSSR count). The van der Waals surface area contributed by atoms with Gasteiger partial charge < -0.3 is 9.64 Å². The van der Waals surface area contributed by atoms with Crippen molar-refractivity contribution in [2.24, 2.45) is 5.41 Å². The maximum atomic E-state index is 12.3. The molecule has 1 saturated carbocycles. The molecule has 1 saturated heterocycles. The molecule has 2 aliphatic rings. The van der Waals surface area contributed by atoms with E-state index in [0.29, 0.717) is 13.1 Å². The number of hydrogen-bond donors (Lipinski definition) is 1. The number of hydrogen-bond acceptors (Lipinski definition) is 4. The minimum absolute atomic E-state index is 0.144. The maximum absolute atomic E-state index is 12.3. The maximum Gasteiger partial charge on any atom is 0.410 e. The summed E-state index contributed by atoms with van der Waals surface area (Å²) in [5.41, 5.74) is 0.463. The molecule has 146 valence electrons. The van der Waals surface area contributed by atoms with Gasteiger partial charge in [-0.3, -0.25) is 5.32 Å². The van der Waals surface area contributed by atoms with Crippen molar-refractivity contribution >= 4 is 6.09 Å². The number of benzene rings is 1. The molecule has 1 spiro atoms. The first-order valence-corrected chi connectivity index (χ1v) is 9.88. The predicted molar refractivity (Wildman–Crippen MR) is 105 cm³/mol. The molecule has 1 aliphatic carbocycles. The van der Waals surface area contributed by atoms with Crippen LogP contribution in [0.1, 0.15) is 65.0 Å². The third-order valence-corrected chi connectivity index (χ3v) is 5.84. The predicted octanol–water partition coefficient (Wildman–Crippen LogP) is 4.41. The van der Waals surface area contributed by atoms with Gasteiger partial charge in [0.1, 0.15) is 11.1 Å². The van der Waals surface area contributed by atoms with Gasteiger partial charge in [-0.15, -0.1) is 0 Å². The number of likely N-dealkylation sites (tertiary alicyclic amines) is 1.